The number of hydrogen-bond donors (Lipinski definition) is 0. The Hall–Kier alpha value is -2.10. The summed E-state index contributed by atoms with van der Waals surface area (Å²) in [5.41, 5.74) is 7.61. The van der Waals surface area contributed by atoms with Gasteiger partial charge in [-0.2, -0.15) is 11.1 Å². The Kier molecular flexibility index (Phi) is 13.5. The second-order valence-corrected chi connectivity index (χ2v) is 8.29. The maximum absolute atomic E-state index is 12.4. The van der Waals surface area contributed by atoms with Crippen molar-refractivity contribution < 1.29 is 51.3 Å². The van der Waals surface area contributed by atoms with E-state index in [-0.39, 0.29) is 57.9 Å². The van der Waals surface area contributed by atoms with Crippen LogP contribution >= 0.6 is 0 Å². The molecule has 2 nitrogen and oxygen atoms in total. The van der Waals surface area contributed by atoms with Crippen LogP contribution in [-0.4, -0.2) is 5.91 Å². The Morgan fingerprint density at radius 3 is 1.74 bits per heavy atom. The summed E-state index contributed by atoms with van der Waals surface area (Å²) in [5.74, 6) is -0.222. The van der Waals surface area contributed by atoms with Crippen LogP contribution in [0.25, 0.3) is 16.4 Å². The zero-order valence-electron chi connectivity index (χ0n) is 20.2. The summed E-state index contributed by atoms with van der Waals surface area (Å²) in [4.78, 5) is 12.4. The third-order valence-corrected chi connectivity index (χ3v) is 5.79. The summed E-state index contributed by atoms with van der Waals surface area (Å²) in [5, 5.41) is 4.18. The van der Waals surface area contributed by atoms with E-state index in [1.54, 1.807) is 0 Å². The number of hydrogen-bond acceptors (Lipinski definition) is 1. The van der Waals surface area contributed by atoms with Crippen LogP contribution in [0.15, 0.2) is 102 Å². The van der Waals surface area contributed by atoms with Crippen LogP contribution in [0, 0.1) is 11.5 Å². The molecule has 0 atom stereocenters. The molecule has 34 heavy (non-hydrogen) atoms. The van der Waals surface area contributed by atoms with E-state index in [0.717, 1.165) is 11.1 Å². The SMILES string of the molecule is CC1=[C-]C(C)(C)C(C)=C1C.O=C([N-]c1ccccc1)c1ccccc1-c1ccccc1.[Cl-].[Cl-].[Ti+4]. The van der Waals surface area contributed by atoms with Crippen LogP contribution in [0.2, 0.25) is 0 Å². The van der Waals surface area contributed by atoms with Gasteiger partial charge in [-0.15, -0.1) is 12.6 Å². The molecule has 4 rings (SSSR count). The number of rotatable bonds is 3. The van der Waals surface area contributed by atoms with Crippen molar-refractivity contribution >= 4 is 11.6 Å². The third kappa shape index (κ3) is 7.99. The Labute approximate surface area is 231 Å². The van der Waals surface area contributed by atoms with E-state index < -0.39 is 0 Å². The van der Waals surface area contributed by atoms with Gasteiger partial charge in [0.1, 0.15) is 0 Å². The monoisotopic (exact) mass is 525 g/mol. The predicted octanol–water partition coefficient (Wildman–Crippen LogP) is 2.32. The van der Waals surface area contributed by atoms with E-state index >= 15 is 0 Å². The van der Waals surface area contributed by atoms with Crippen molar-refractivity contribution in [3.8, 4) is 11.1 Å². The van der Waals surface area contributed by atoms with Gasteiger partial charge in [0.2, 0.25) is 0 Å². The first-order valence-electron chi connectivity index (χ1n) is 10.6. The molecule has 0 saturated carbocycles. The van der Waals surface area contributed by atoms with Crippen molar-refractivity contribution in [2.24, 2.45) is 5.41 Å². The van der Waals surface area contributed by atoms with Crippen molar-refractivity contribution in [3.05, 3.63) is 119 Å². The molecular formula is C29H29Cl2NOTi. The van der Waals surface area contributed by atoms with Crippen LogP contribution in [0.4, 0.5) is 5.69 Å². The zero-order valence-corrected chi connectivity index (χ0v) is 23.3. The van der Waals surface area contributed by atoms with Crippen LogP contribution in [0.5, 0.6) is 0 Å². The van der Waals surface area contributed by atoms with Gasteiger partial charge >= 0.3 is 21.7 Å². The normalized spacial score (nSPS) is 13.1. The molecule has 0 saturated heterocycles. The number of halogens is 2. The fraction of sp³-hybridized carbons (Fsp3) is 0.207. The van der Waals surface area contributed by atoms with Gasteiger partial charge < -0.3 is 34.9 Å². The first-order chi connectivity index (χ1) is 14.8. The molecule has 3 aromatic carbocycles. The van der Waals surface area contributed by atoms with Crippen molar-refractivity contribution in [2.45, 2.75) is 34.6 Å². The third-order valence-electron chi connectivity index (χ3n) is 5.79. The molecular weight excluding hydrogens is 497 g/mol. The molecule has 0 aromatic heterocycles. The van der Waals surface area contributed by atoms with Crippen molar-refractivity contribution in [1.82, 2.24) is 0 Å². The first-order valence-corrected chi connectivity index (χ1v) is 10.6. The Balaban J connectivity index is 0.000000721. The molecule has 0 N–H and O–H groups in total. The molecule has 0 unspecified atom stereocenters. The van der Waals surface area contributed by atoms with Crippen LogP contribution < -0.4 is 24.8 Å². The second kappa shape index (κ2) is 14.3. The summed E-state index contributed by atoms with van der Waals surface area (Å²) in [7, 11) is 0. The summed E-state index contributed by atoms with van der Waals surface area (Å²) in [6.45, 7) is 10.9. The average Bonchev–Trinajstić information content (AvgIpc) is 2.96. The molecule has 5 heteroatoms. The summed E-state index contributed by atoms with van der Waals surface area (Å²) >= 11 is 0. The smallest absolute Gasteiger partial charge is 1.00 e. The second-order valence-electron chi connectivity index (χ2n) is 8.29. The zero-order chi connectivity index (χ0) is 22.4. The standard InChI is InChI=1S/C19H15NO.C10H15.2ClH.Ti/c21-19(20-16-11-5-2-6-12-16)18-14-8-7-13-17(18)15-9-3-1-4-10-15;1-7-6-10(4,5)9(3)8(7)2;;;/h1-14H,(H,20,21);1-5H3;2*1H;/q;-1;;;+4/p-3. The fourth-order valence-corrected chi connectivity index (χ4v) is 3.63. The van der Waals surface area contributed by atoms with Crippen molar-refractivity contribution in [2.75, 3.05) is 0 Å². The van der Waals surface area contributed by atoms with Gasteiger partial charge in [0.05, 0.1) is 5.91 Å². The topological polar surface area (TPSA) is 31.2 Å². The molecule has 0 fully saturated rings. The van der Waals surface area contributed by atoms with Crippen LogP contribution in [0.3, 0.4) is 0 Å². The van der Waals surface area contributed by atoms with Gasteiger partial charge in [-0.05, 0) is 11.1 Å². The Morgan fingerprint density at radius 2 is 1.26 bits per heavy atom. The van der Waals surface area contributed by atoms with Crippen molar-refractivity contribution in [3.63, 3.8) is 0 Å². The van der Waals surface area contributed by atoms with E-state index in [0.29, 0.717) is 11.3 Å². The minimum Gasteiger partial charge on any atom is -1.00 e. The minimum absolute atomic E-state index is 0. The summed E-state index contributed by atoms with van der Waals surface area (Å²) in [6.07, 6.45) is 3.44. The predicted molar refractivity (Wildman–Crippen MR) is 130 cm³/mol. The van der Waals surface area contributed by atoms with Gasteiger partial charge in [-0.3, -0.25) is 6.08 Å². The maximum atomic E-state index is 12.4. The molecule has 0 spiro atoms. The number of allylic oxidation sites excluding steroid dienone is 4. The van der Waals surface area contributed by atoms with E-state index in [9.17, 15) is 4.79 Å². The number of nitrogens with zero attached hydrogens (tertiary/aromatic N) is 1. The number of benzene rings is 3. The quantitative estimate of drug-likeness (QED) is 0.381. The number of carbonyl (C=O) groups excluding carboxylic acids is 1. The first kappa shape index (κ1) is 31.9. The van der Waals surface area contributed by atoms with Crippen LogP contribution in [0.1, 0.15) is 45.0 Å². The molecule has 1 aliphatic rings. The molecule has 0 radical (unpaired) electrons. The average molecular weight is 526 g/mol. The molecule has 0 heterocycles. The molecule has 3 aromatic rings. The minimum atomic E-state index is -0.222. The number of carbonyl (C=O) groups is 1. The number of para-hydroxylation sites is 1. The largest absolute Gasteiger partial charge is 4.00 e. The van der Waals surface area contributed by atoms with E-state index in [1.807, 2.05) is 84.9 Å². The number of amides is 1. The van der Waals surface area contributed by atoms with Crippen molar-refractivity contribution in [1.29, 1.82) is 0 Å². The Bertz CT molecular complexity index is 1120. The molecule has 174 valence electrons. The summed E-state index contributed by atoms with van der Waals surface area (Å²) < 4.78 is 0. The van der Waals surface area contributed by atoms with Gasteiger partial charge in [-0.1, -0.05) is 118 Å². The van der Waals surface area contributed by atoms with Gasteiger partial charge in [-0.25, -0.2) is 5.57 Å². The van der Waals surface area contributed by atoms with Gasteiger partial charge in [0.15, 0.2) is 0 Å². The van der Waals surface area contributed by atoms with E-state index in [4.69, 9.17) is 0 Å². The van der Waals surface area contributed by atoms with Crippen LogP contribution in [-0.2, 0) is 21.7 Å². The molecule has 0 aliphatic heterocycles. The molecule has 1 aliphatic carbocycles. The maximum Gasteiger partial charge on any atom is 4.00 e. The van der Waals surface area contributed by atoms with E-state index in [2.05, 4.69) is 46.0 Å². The fourth-order valence-electron chi connectivity index (χ4n) is 3.63. The van der Waals surface area contributed by atoms with E-state index in [1.165, 1.54) is 16.7 Å². The van der Waals surface area contributed by atoms with Gasteiger partial charge in [0, 0.05) is 5.56 Å². The molecule has 0 bridgehead atoms. The Morgan fingerprint density at radius 1 is 0.765 bits per heavy atom. The summed E-state index contributed by atoms with van der Waals surface area (Å²) in [6, 6.07) is 26.7. The van der Waals surface area contributed by atoms with Gasteiger partial charge in [0.25, 0.3) is 0 Å². The molecule has 1 amide bonds.